The molecule has 20 heavy (non-hydrogen) atoms. The summed E-state index contributed by atoms with van der Waals surface area (Å²) in [6.45, 7) is 0.441. The Morgan fingerprint density at radius 2 is 1.60 bits per heavy atom. The first-order chi connectivity index (χ1) is 9.47. The molecule has 0 amide bonds. The first kappa shape index (κ1) is 15.5. The van der Waals surface area contributed by atoms with E-state index < -0.39 is 0 Å². The van der Waals surface area contributed by atoms with Crippen LogP contribution in [0.25, 0.3) is 0 Å². The number of halogens is 3. The Balaban J connectivity index is 2.11. The molecule has 104 valence electrons. The average molecular weight is 463 g/mol. The molecule has 0 heterocycles. The standard InChI is InChI=1S/C14H11Br3N2O/c15-10-5-11(16)13(12(17)6-10)20-7-8-1-3-9(4-2-8)14(18)19/h1-6H,7H2,(H3,18,19). The number of benzene rings is 2. The van der Waals surface area contributed by atoms with Crippen LogP contribution in [0.5, 0.6) is 5.75 Å². The molecule has 0 atom stereocenters. The highest BCUT2D eigenvalue weighted by Crippen LogP contribution is 2.36. The topological polar surface area (TPSA) is 59.1 Å². The molecule has 0 saturated heterocycles. The summed E-state index contributed by atoms with van der Waals surface area (Å²) in [7, 11) is 0. The van der Waals surface area contributed by atoms with Crippen LogP contribution in [0.4, 0.5) is 0 Å². The lowest BCUT2D eigenvalue weighted by Gasteiger charge is -2.11. The molecule has 0 fully saturated rings. The van der Waals surface area contributed by atoms with Gasteiger partial charge >= 0.3 is 0 Å². The van der Waals surface area contributed by atoms with Crippen LogP contribution >= 0.6 is 47.8 Å². The summed E-state index contributed by atoms with van der Waals surface area (Å²) in [5.74, 6) is 0.819. The van der Waals surface area contributed by atoms with Crippen molar-refractivity contribution in [2.45, 2.75) is 6.61 Å². The molecule has 0 bridgehead atoms. The molecule has 0 aliphatic rings. The van der Waals surface area contributed by atoms with Crippen LogP contribution in [0, 0.1) is 5.41 Å². The number of nitrogen functional groups attached to an aromatic ring is 1. The fourth-order valence-corrected chi connectivity index (χ4v) is 4.09. The monoisotopic (exact) mass is 460 g/mol. The van der Waals surface area contributed by atoms with E-state index >= 15 is 0 Å². The second kappa shape index (κ2) is 6.74. The Morgan fingerprint density at radius 1 is 1.05 bits per heavy atom. The molecule has 3 N–H and O–H groups in total. The van der Waals surface area contributed by atoms with Gasteiger partial charge in [0.1, 0.15) is 18.2 Å². The van der Waals surface area contributed by atoms with Crippen LogP contribution in [-0.4, -0.2) is 5.84 Å². The lowest BCUT2D eigenvalue weighted by Crippen LogP contribution is -2.10. The third kappa shape index (κ3) is 3.84. The second-order valence-electron chi connectivity index (χ2n) is 4.10. The van der Waals surface area contributed by atoms with Gasteiger partial charge in [-0.05, 0) is 49.6 Å². The molecule has 6 heteroatoms. The summed E-state index contributed by atoms with van der Waals surface area (Å²) >= 11 is 10.4. The lowest BCUT2D eigenvalue weighted by atomic mass is 10.1. The van der Waals surface area contributed by atoms with Crippen molar-refractivity contribution >= 4 is 53.6 Å². The molecule has 0 unspecified atom stereocenters. The van der Waals surface area contributed by atoms with Crippen LogP contribution in [0.2, 0.25) is 0 Å². The third-order valence-corrected chi connectivity index (χ3v) is 4.25. The van der Waals surface area contributed by atoms with Crippen molar-refractivity contribution in [3.63, 3.8) is 0 Å². The van der Waals surface area contributed by atoms with Gasteiger partial charge in [0.25, 0.3) is 0 Å². The fourth-order valence-electron chi connectivity index (χ4n) is 1.60. The summed E-state index contributed by atoms with van der Waals surface area (Å²) in [5, 5.41) is 7.35. The Labute approximate surface area is 142 Å². The van der Waals surface area contributed by atoms with Gasteiger partial charge in [-0.1, -0.05) is 40.2 Å². The Morgan fingerprint density at radius 3 is 2.10 bits per heavy atom. The van der Waals surface area contributed by atoms with Crippen LogP contribution in [-0.2, 0) is 6.61 Å². The molecular formula is C14H11Br3N2O. The maximum absolute atomic E-state index is 7.35. The van der Waals surface area contributed by atoms with E-state index in [1.54, 1.807) is 0 Å². The van der Waals surface area contributed by atoms with Gasteiger partial charge in [0.05, 0.1) is 8.95 Å². The molecule has 2 aromatic carbocycles. The van der Waals surface area contributed by atoms with Gasteiger partial charge in [-0.15, -0.1) is 0 Å². The first-order valence-electron chi connectivity index (χ1n) is 5.68. The van der Waals surface area contributed by atoms with Gasteiger partial charge in [0, 0.05) is 10.0 Å². The molecule has 0 radical (unpaired) electrons. The predicted molar refractivity (Wildman–Crippen MR) is 91.3 cm³/mol. The van der Waals surface area contributed by atoms with E-state index in [1.165, 1.54) is 0 Å². The first-order valence-corrected chi connectivity index (χ1v) is 8.06. The van der Waals surface area contributed by atoms with Crippen molar-refractivity contribution in [1.29, 1.82) is 5.41 Å². The molecule has 0 aliphatic carbocycles. The van der Waals surface area contributed by atoms with Crippen molar-refractivity contribution < 1.29 is 4.74 Å². The lowest BCUT2D eigenvalue weighted by molar-refractivity contribution is 0.302. The number of nitrogens with two attached hydrogens (primary N) is 1. The van der Waals surface area contributed by atoms with Crippen molar-refractivity contribution in [3.8, 4) is 5.75 Å². The molecule has 2 aromatic rings. The molecule has 0 aliphatic heterocycles. The summed E-state index contributed by atoms with van der Waals surface area (Å²) in [5.41, 5.74) is 7.14. The van der Waals surface area contributed by atoms with Gasteiger partial charge in [-0.3, -0.25) is 5.41 Å². The minimum Gasteiger partial charge on any atom is -0.487 e. The van der Waals surface area contributed by atoms with Gasteiger partial charge in [-0.2, -0.15) is 0 Å². The van der Waals surface area contributed by atoms with Gasteiger partial charge in [0.2, 0.25) is 0 Å². The Hall–Kier alpha value is -0.850. The molecule has 0 aromatic heterocycles. The predicted octanol–water partition coefficient (Wildman–Crippen LogP) is 4.84. The van der Waals surface area contributed by atoms with Gasteiger partial charge < -0.3 is 10.5 Å². The third-order valence-electron chi connectivity index (χ3n) is 2.61. The highest BCUT2D eigenvalue weighted by Gasteiger charge is 2.08. The molecule has 2 rings (SSSR count). The average Bonchev–Trinajstić information content (AvgIpc) is 2.38. The Kier molecular flexibility index (Phi) is 5.23. The molecule has 0 saturated carbocycles. The second-order valence-corrected chi connectivity index (χ2v) is 6.72. The van der Waals surface area contributed by atoms with Crippen molar-refractivity contribution in [2.24, 2.45) is 5.73 Å². The Bertz CT molecular complexity index is 618. The molecular weight excluding hydrogens is 452 g/mol. The SMILES string of the molecule is N=C(N)c1ccc(COc2c(Br)cc(Br)cc2Br)cc1. The van der Waals surface area contributed by atoms with E-state index in [2.05, 4.69) is 47.8 Å². The maximum Gasteiger partial charge on any atom is 0.148 e. The number of amidine groups is 1. The number of hydrogen-bond acceptors (Lipinski definition) is 2. The van der Waals surface area contributed by atoms with Crippen LogP contribution in [0.15, 0.2) is 49.8 Å². The van der Waals surface area contributed by atoms with Gasteiger partial charge in [-0.25, -0.2) is 0 Å². The highest BCUT2D eigenvalue weighted by molar-refractivity contribution is 9.11. The van der Waals surface area contributed by atoms with E-state index in [-0.39, 0.29) is 5.84 Å². The zero-order chi connectivity index (χ0) is 14.7. The van der Waals surface area contributed by atoms with E-state index in [1.807, 2.05) is 36.4 Å². The molecule has 3 nitrogen and oxygen atoms in total. The van der Waals surface area contributed by atoms with E-state index in [9.17, 15) is 0 Å². The minimum absolute atomic E-state index is 0.0656. The van der Waals surface area contributed by atoms with Crippen LogP contribution in [0.1, 0.15) is 11.1 Å². The fraction of sp³-hybridized carbons (Fsp3) is 0.0714. The largest absolute Gasteiger partial charge is 0.487 e. The summed E-state index contributed by atoms with van der Waals surface area (Å²) < 4.78 is 8.52. The van der Waals surface area contributed by atoms with E-state index in [4.69, 9.17) is 15.9 Å². The van der Waals surface area contributed by atoms with Crippen LogP contribution < -0.4 is 10.5 Å². The summed E-state index contributed by atoms with van der Waals surface area (Å²) in [6, 6.07) is 11.3. The number of hydrogen-bond donors (Lipinski definition) is 2. The van der Waals surface area contributed by atoms with Crippen molar-refractivity contribution in [1.82, 2.24) is 0 Å². The normalized spacial score (nSPS) is 10.3. The highest BCUT2D eigenvalue weighted by atomic mass is 79.9. The van der Waals surface area contributed by atoms with Crippen molar-refractivity contribution in [3.05, 3.63) is 60.9 Å². The maximum atomic E-state index is 7.35. The van der Waals surface area contributed by atoms with E-state index in [0.717, 1.165) is 24.7 Å². The zero-order valence-corrected chi connectivity index (χ0v) is 15.0. The summed E-state index contributed by atoms with van der Waals surface area (Å²) in [4.78, 5) is 0. The molecule has 0 spiro atoms. The van der Waals surface area contributed by atoms with Crippen LogP contribution in [0.3, 0.4) is 0 Å². The summed E-state index contributed by atoms with van der Waals surface area (Å²) in [6.07, 6.45) is 0. The van der Waals surface area contributed by atoms with E-state index in [0.29, 0.717) is 12.2 Å². The zero-order valence-electron chi connectivity index (χ0n) is 10.3. The number of rotatable bonds is 4. The quantitative estimate of drug-likeness (QED) is 0.504. The smallest absolute Gasteiger partial charge is 0.148 e. The van der Waals surface area contributed by atoms with Gasteiger partial charge in [0.15, 0.2) is 0 Å². The number of nitrogens with one attached hydrogen (secondary N) is 1. The van der Waals surface area contributed by atoms with Crippen molar-refractivity contribution in [2.75, 3.05) is 0 Å². The number of ether oxygens (including phenoxy) is 1. The minimum atomic E-state index is 0.0656.